The minimum Gasteiger partial charge on any atom is -0.457 e. The van der Waals surface area contributed by atoms with Crippen molar-refractivity contribution in [3.63, 3.8) is 0 Å². The normalized spacial score (nSPS) is 10.9. The molecule has 2 aromatic carbocycles. The van der Waals surface area contributed by atoms with Crippen molar-refractivity contribution in [2.45, 2.75) is 39.5 Å². The molecule has 0 radical (unpaired) electrons. The van der Waals surface area contributed by atoms with Gasteiger partial charge in [0.2, 0.25) is 0 Å². The number of rotatable bonds is 5. The molecule has 23 heavy (non-hydrogen) atoms. The van der Waals surface area contributed by atoms with Crippen LogP contribution in [0.5, 0.6) is 11.5 Å². The minimum absolute atomic E-state index is 0.276. The van der Waals surface area contributed by atoms with Crippen LogP contribution in [0.2, 0.25) is 0 Å². The first-order valence-corrected chi connectivity index (χ1v) is 8.27. The molecule has 0 amide bonds. The molecule has 0 aliphatic rings. The van der Waals surface area contributed by atoms with Gasteiger partial charge in [0, 0.05) is 11.3 Å². The van der Waals surface area contributed by atoms with Gasteiger partial charge in [-0.1, -0.05) is 45.9 Å². The van der Waals surface area contributed by atoms with Crippen molar-refractivity contribution in [1.29, 1.82) is 0 Å². The van der Waals surface area contributed by atoms with Crippen molar-refractivity contribution >= 4 is 23.0 Å². The second kappa shape index (κ2) is 7.47. The Kier molecular flexibility index (Phi) is 5.61. The highest BCUT2D eigenvalue weighted by atomic mass is 32.1. The molecule has 3 N–H and O–H groups in total. The maximum atomic E-state index is 6.13. The molecule has 3 nitrogen and oxygen atoms in total. The summed E-state index contributed by atoms with van der Waals surface area (Å²) in [6, 6.07) is 13.8. The lowest BCUT2D eigenvalue weighted by Gasteiger charge is -2.24. The second-order valence-corrected chi connectivity index (χ2v) is 6.59. The summed E-state index contributed by atoms with van der Waals surface area (Å²) in [4.78, 5) is 0. The van der Waals surface area contributed by atoms with Crippen LogP contribution >= 0.6 is 12.2 Å². The van der Waals surface area contributed by atoms with Crippen LogP contribution in [0.1, 0.15) is 50.7 Å². The molecule has 0 bridgehead atoms. The zero-order valence-electron chi connectivity index (χ0n) is 14.1. The lowest BCUT2D eigenvalue weighted by molar-refractivity contribution is 0.471. The number of anilines is 1. The maximum absolute atomic E-state index is 6.13. The van der Waals surface area contributed by atoms with Crippen molar-refractivity contribution in [3.8, 4) is 11.5 Å². The summed E-state index contributed by atoms with van der Waals surface area (Å²) in [5.41, 5.74) is 9.01. The summed E-state index contributed by atoms with van der Waals surface area (Å²) in [5, 5.41) is 3.37. The van der Waals surface area contributed by atoms with Crippen molar-refractivity contribution < 1.29 is 4.74 Å². The van der Waals surface area contributed by atoms with Gasteiger partial charge in [-0.25, -0.2) is 0 Å². The monoisotopic (exact) mass is 328 g/mol. The molecule has 0 saturated carbocycles. The molecule has 0 spiro atoms. The molecule has 122 valence electrons. The molecule has 0 aliphatic carbocycles. The van der Waals surface area contributed by atoms with E-state index in [1.807, 2.05) is 42.5 Å². The number of thiocarbonyl (C=S) groups is 1. The van der Waals surface area contributed by atoms with Crippen LogP contribution in [-0.4, -0.2) is 5.11 Å². The van der Waals surface area contributed by atoms with Crippen molar-refractivity contribution in [2.75, 3.05) is 5.32 Å². The molecule has 0 unspecified atom stereocenters. The molecular formula is C19H24N2OS. The van der Waals surface area contributed by atoms with Gasteiger partial charge < -0.3 is 15.8 Å². The highest BCUT2D eigenvalue weighted by Gasteiger charge is 2.20. The highest BCUT2D eigenvalue weighted by Crippen LogP contribution is 2.40. The Morgan fingerprint density at radius 2 is 1.57 bits per heavy atom. The summed E-state index contributed by atoms with van der Waals surface area (Å²) in [6.45, 7) is 8.67. The van der Waals surface area contributed by atoms with E-state index in [-0.39, 0.29) is 5.11 Å². The van der Waals surface area contributed by atoms with Gasteiger partial charge in [0.05, 0.1) is 0 Å². The first-order chi connectivity index (χ1) is 10.9. The average molecular weight is 328 g/mol. The van der Waals surface area contributed by atoms with E-state index in [9.17, 15) is 0 Å². The van der Waals surface area contributed by atoms with Crippen LogP contribution in [0, 0.1) is 0 Å². The number of nitrogens with one attached hydrogen (secondary N) is 1. The van der Waals surface area contributed by atoms with Crippen LogP contribution in [0.15, 0.2) is 42.5 Å². The van der Waals surface area contributed by atoms with E-state index in [1.165, 1.54) is 11.1 Å². The van der Waals surface area contributed by atoms with E-state index in [4.69, 9.17) is 22.7 Å². The Hall–Kier alpha value is -2.07. The molecule has 0 fully saturated rings. The summed E-state index contributed by atoms with van der Waals surface area (Å²) in [6.07, 6.45) is 0. The third kappa shape index (κ3) is 4.23. The van der Waals surface area contributed by atoms with Crippen LogP contribution in [-0.2, 0) is 0 Å². The second-order valence-electron chi connectivity index (χ2n) is 6.15. The standard InChI is InChI=1S/C19H24N2OS/c1-12(2)17-15(21-19(20)23)10-11-16(18(17)13(3)4)22-14-8-6-5-7-9-14/h5-13H,1-4H3,(H3,20,21,23). The fourth-order valence-corrected chi connectivity index (χ4v) is 2.89. The van der Waals surface area contributed by atoms with E-state index in [0.717, 1.165) is 17.2 Å². The Bertz CT molecular complexity index is 681. The van der Waals surface area contributed by atoms with Crippen molar-refractivity contribution in [2.24, 2.45) is 5.73 Å². The third-order valence-corrected chi connectivity index (χ3v) is 3.73. The number of benzene rings is 2. The van der Waals surface area contributed by atoms with Gasteiger partial charge >= 0.3 is 0 Å². The maximum Gasteiger partial charge on any atom is 0.168 e. The first kappa shape index (κ1) is 17.3. The summed E-state index contributed by atoms with van der Waals surface area (Å²) < 4.78 is 6.13. The zero-order chi connectivity index (χ0) is 17.0. The fraction of sp³-hybridized carbons (Fsp3) is 0.316. The van der Waals surface area contributed by atoms with Gasteiger partial charge in [-0.3, -0.25) is 0 Å². The Morgan fingerprint density at radius 3 is 2.09 bits per heavy atom. The molecule has 2 rings (SSSR count). The number of ether oxygens (including phenoxy) is 1. The number of para-hydroxylation sites is 1. The molecule has 4 heteroatoms. The van der Waals surface area contributed by atoms with Gasteiger partial charge in [0.25, 0.3) is 0 Å². The smallest absolute Gasteiger partial charge is 0.168 e. The summed E-state index contributed by atoms with van der Waals surface area (Å²) in [7, 11) is 0. The van der Waals surface area contributed by atoms with Gasteiger partial charge in [-0.05, 0) is 53.9 Å². The van der Waals surface area contributed by atoms with Gasteiger partial charge in [0.15, 0.2) is 5.11 Å². The Balaban J connectivity index is 2.54. The molecule has 2 aromatic rings. The number of hydrogen-bond acceptors (Lipinski definition) is 2. The predicted molar refractivity (Wildman–Crippen MR) is 102 cm³/mol. The summed E-state index contributed by atoms with van der Waals surface area (Å²) >= 11 is 5.01. The van der Waals surface area contributed by atoms with E-state index < -0.39 is 0 Å². The quantitative estimate of drug-likeness (QED) is 0.723. The molecule has 0 heterocycles. The van der Waals surface area contributed by atoms with Crippen molar-refractivity contribution in [3.05, 3.63) is 53.6 Å². The lowest BCUT2D eigenvalue weighted by Crippen LogP contribution is -2.20. The fourth-order valence-electron chi connectivity index (χ4n) is 2.78. The molecular weight excluding hydrogens is 304 g/mol. The van der Waals surface area contributed by atoms with E-state index >= 15 is 0 Å². The largest absolute Gasteiger partial charge is 0.457 e. The van der Waals surface area contributed by atoms with Crippen molar-refractivity contribution in [1.82, 2.24) is 0 Å². The Labute approximate surface area is 143 Å². The Morgan fingerprint density at radius 1 is 0.957 bits per heavy atom. The van der Waals surface area contributed by atoms with Gasteiger partial charge in [-0.2, -0.15) is 0 Å². The van der Waals surface area contributed by atoms with Gasteiger partial charge in [0.1, 0.15) is 11.5 Å². The molecule has 0 saturated heterocycles. The SMILES string of the molecule is CC(C)c1c(NC(N)=S)ccc(Oc2ccccc2)c1C(C)C. The molecule has 0 atom stereocenters. The van der Waals surface area contributed by atoms with Crippen LogP contribution < -0.4 is 15.8 Å². The number of nitrogens with two attached hydrogens (primary N) is 1. The first-order valence-electron chi connectivity index (χ1n) is 7.86. The van der Waals surface area contributed by atoms with E-state index in [1.54, 1.807) is 0 Å². The van der Waals surface area contributed by atoms with Crippen LogP contribution in [0.4, 0.5) is 5.69 Å². The zero-order valence-corrected chi connectivity index (χ0v) is 14.9. The van der Waals surface area contributed by atoms with Gasteiger partial charge in [-0.15, -0.1) is 0 Å². The lowest BCUT2D eigenvalue weighted by atomic mass is 9.88. The van der Waals surface area contributed by atoms with Crippen LogP contribution in [0.3, 0.4) is 0 Å². The molecule has 0 aromatic heterocycles. The topological polar surface area (TPSA) is 47.3 Å². The highest BCUT2D eigenvalue weighted by molar-refractivity contribution is 7.80. The van der Waals surface area contributed by atoms with E-state index in [0.29, 0.717) is 11.8 Å². The van der Waals surface area contributed by atoms with Crippen LogP contribution in [0.25, 0.3) is 0 Å². The third-order valence-electron chi connectivity index (χ3n) is 3.63. The summed E-state index contributed by atoms with van der Waals surface area (Å²) in [5.74, 6) is 2.35. The number of hydrogen-bond donors (Lipinski definition) is 2. The predicted octanol–water partition coefficient (Wildman–Crippen LogP) is 5.38. The average Bonchev–Trinajstić information content (AvgIpc) is 2.48. The van der Waals surface area contributed by atoms with E-state index in [2.05, 4.69) is 33.0 Å². The molecule has 0 aliphatic heterocycles. The minimum atomic E-state index is 0.276.